The van der Waals surface area contributed by atoms with Crippen LogP contribution >= 0.6 is 0 Å². The Labute approximate surface area is 148 Å². The standard InChI is InChI=1S/C18H26N2O5/c1-17(2,3)25-16(21)19-15(12-24-18(19,4)5)10-9-13-7-6-8-14(11-13)20(22)23/h6-8,11,15H,9-10,12H2,1-5H3/t15-/m1/s1. The van der Waals surface area contributed by atoms with Crippen molar-refractivity contribution in [3.8, 4) is 0 Å². The highest BCUT2D eigenvalue weighted by molar-refractivity contribution is 5.69. The molecule has 0 aliphatic carbocycles. The number of nitro groups is 1. The smallest absolute Gasteiger partial charge is 0.412 e. The first kappa shape index (κ1) is 19.2. The van der Waals surface area contributed by atoms with Crippen molar-refractivity contribution >= 4 is 11.8 Å². The lowest BCUT2D eigenvalue weighted by Crippen LogP contribution is -2.49. The van der Waals surface area contributed by atoms with E-state index in [9.17, 15) is 14.9 Å². The molecule has 1 fully saturated rings. The van der Waals surface area contributed by atoms with Crippen LogP contribution in [0, 0.1) is 10.1 Å². The second-order valence-corrected chi connectivity index (χ2v) is 7.73. The fourth-order valence-corrected chi connectivity index (χ4v) is 2.94. The number of rotatable bonds is 4. The minimum atomic E-state index is -0.740. The molecule has 0 aromatic heterocycles. The lowest BCUT2D eigenvalue weighted by Gasteiger charge is -2.35. The number of hydrogen-bond donors (Lipinski definition) is 0. The van der Waals surface area contributed by atoms with Gasteiger partial charge in [0.1, 0.15) is 11.3 Å². The zero-order valence-electron chi connectivity index (χ0n) is 15.4. The van der Waals surface area contributed by atoms with Crippen LogP contribution in [0.4, 0.5) is 10.5 Å². The van der Waals surface area contributed by atoms with Crippen molar-refractivity contribution in [3.63, 3.8) is 0 Å². The third-order valence-electron chi connectivity index (χ3n) is 4.05. The van der Waals surface area contributed by atoms with Crippen LogP contribution < -0.4 is 0 Å². The summed E-state index contributed by atoms with van der Waals surface area (Å²) in [7, 11) is 0. The summed E-state index contributed by atoms with van der Waals surface area (Å²) in [4.78, 5) is 24.7. The van der Waals surface area contributed by atoms with Gasteiger partial charge >= 0.3 is 6.09 Å². The number of hydrogen-bond acceptors (Lipinski definition) is 5. The molecular formula is C18H26N2O5. The van der Waals surface area contributed by atoms with Crippen molar-refractivity contribution in [2.75, 3.05) is 6.61 Å². The molecule has 1 aliphatic rings. The van der Waals surface area contributed by atoms with Crippen molar-refractivity contribution in [2.24, 2.45) is 0 Å². The van der Waals surface area contributed by atoms with E-state index in [0.29, 0.717) is 19.4 Å². The fourth-order valence-electron chi connectivity index (χ4n) is 2.94. The first-order chi connectivity index (χ1) is 11.5. The Morgan fingerprint density at radius 1 is 1.44 bits per heavy atom. The van der Waals surface area contributed by atoms with Crippen LogP contribution in [0.1, 0.15) is 46.6 Å². The van der Waals surface area contributed by atoms with Gasteiger partial charge in [-0.1, -0.05) is 12.1 Å². The number of carbonyl (C=O) groups is 1. The summed E-state index contributed by atoms with van der Waals surface area (Å²) in [6.07, 6.45) is 0.855. The van der Waals surface area contributed by atoms with Gasteiger partial charge in [0.2, 0.25) is 0 Å². The van der Waals surface area contributed by atoms with Gasteiger partial charge in [-0.3, -0.25) is 15.0 Å². The molecule has 1 aromatic carbocycles. The van der Waals surface area contributed by atoms with Gasteiger partial charge in [-0.15, -0.1) is 0 Å². The van der Waals surface area contributed by atoms with Crippen molar-refractivity contribution < 1.29 is 19.2 Å². The van der Waals surface area contributed by atoms with Gasteiger partial charge in [-0.2, -0.15) is 0 Å². The second kappa shape index (κ2) is 7.00. The molecule has 0 N–H and O–H groups in total. The Morgan fingerprint density at radius 2 is 2.12 bits per heavy atom. The van der Waals surface area contributed by atoms with E-state index in [1.54, 1.807) is 17.0 Å². The Kier molecular flexibility index (Phi) is 5.37. The highest BCUT2D eigenvalue weighted by atomic mass is 16.6. The summed E-state index contributed by atoms with van der Waals surface area (Å²) >= 11 is 0. The minimum absolute atomic E-state index is 0.0736. The Hall–Kier alpha value is -2.15. The molecule has 25 heavy (non-hydrogen) atoms. The number of nitrogens with zero attached hydrogens (tertiary/aromatic N) is 2. The second-order valence-electron chi connectivity index (χ2n) is 7.73. The van der Waals surface area contributed by atoms with Crippen LogP contribution in [0.3, 0.4) is 0 Å². The number of aryl methyl sites for hydroxylation is 1. The SMILES string of the molecule is CC(C)(C)OC(=O)N1[C@H](CCc2cccc([N+](=O)[O-])c2)COC1(C)C. The van der Waals surface area contributed by atoms with Gasteiger partial charge in [0.15, 0.2) is 0 Å². The molecule has 7 heteroatoms. The molecule has 0 radical (unpaired) electrons. The lowest BCUT2D eigenvalue weighted by molar-refractivity contribution is -0.384. The maximum absolute atomic E-state index is 12.6. The molecule has 0 bridgehead atoms. The van der Waals surface area contributed by atoms with Gasteiger partial charge in [0.25, 0.3) is 5.69 Å². The Bertz CT molecular complexity index is 651. The van der Waals surface area contributed by atoms with Gasteiger partial charge in [0.05, 0.1) is 17.6 Å². The van der Waals surface area contributed by atoms with Crippen LogP contribution in [0.2, 0.25) is 0 Å². The molecule has 0 unspecified atom stereocenters. The maximum Gasteiger partial charge on any atom is 0.412 e. The van der Waals surface area contributed by atoms with Gasteiger partial charge < -0.3 is 9.47 Å². The first-order valence-corrected chi connectivity index (χ1v) is 8.39. The molecule has 2 rings (SSSR count). The number of non-ortho nitro benzene ring substituents is 1. The summed E-state index contributed by atoms with van der Waals surface area (Å²) in [6, 6.07) is 6.43. The predicted molar refractivity (Wildman–Crippen MR) is 93.3 cm³/mol. The molecular weight excluding hydrogens is 324 g/mol. The van der Waals surface area contributed by atoms with E-state index < -0.39 is 22.3 Å². The molecule has 1 saturated heterocycles. The summed E-state index contributed by atoms with van der Waals surface area (Å²) in [6.45, 7) is 9.57. The van der Waals surface area contributed by atoms with Crippen LogP contribution in [-0.2, 0) is 15.9 Å². The quantitative estimate of drug-likeness (QED) is 0.607. The lowest BCUT2D eigenvalue weighted by atomic mass is 10.0. The average Bonchev–Trinajstić information content (AvgIpc) is 2.78. The third kappa shape index (κ3) is 4.92. The predicted octanol–water partition coefficient (Wildman–Crippen LogP) is 3.90. The summed E-state index contributed by atoms with van der Waals surface area (Å²) in [5, 5.41) is 10.9. The molecule has 0 spiro atoms. The zero-order chi connectivity index (χ0) is 18.8. The van der Waals surface area contributed by atoms with Gasteiger partial charge in [0, 0.05) is 12.1 Å². The number of amides is 1. The third-order valence-corrected chi connectivity index (χ3v) is 4.05. The molecule has 1 atom stereocenters. The van der Waals surface area contributed by atoms with E-state index in [1.807, 2.05) is 40.7 Å². The van der Waals surface area contributed by atoms with Crippen molar-refractivity contribution in [2.45, 2.75) is 64.8 Å². The van der Waals surface area contributed by atoms with Crippen molar-refractivity contribution in [3.05, 3.63) is 39.9 Å². The van der Waals surface area contributed by atoms with E-state index in [0.717, 1.165) is 5.56 Å². The Morgan fingerprint density at radius 3 is 2.72 bits per heavy atom. The largest absolute Gasteiger partial charge is 0.444 e. The number of benzene rings is 1. The minimum Gasteiger partial charge on any atom is -0.444 e. The maximum atomic E-state index is 12.6. The Balaban J connectivity index is 2.08. The molecule has 1 amide bonds. The number of nitro benzene ring substituents is 1. The fraction of sp³-hybridized carbons (Fsp3) is 0.611. The number of carbonyl (C=O) groups excluding carboxylic acids is 1. The van der Waals surface area contributed by atoms with E-state index in [2.05, 4.69) is 0 Å². The summed E-state index contributed by atoms with van der Waals surface area (Å²) in [5.41, 5.74) is -0.386. The van der Waals surface area contributed by atoms with E-state index in [4.69, 9.17) is 9.47 Å². The number of ether oxygens (including phenoxy) is 2. The monoisotopic (exact) mass is 350 g/mol. The average molecular weight is 350 g/mol. The van der Waals surface area contributed by atoms with E-state index in [-0.39, 0.29) is 11.7 Å². The van der Waals surface area contributed by atoms with Crippen LogP contribution in [0.5, 0.6) is 0 Å². The topological polar surface area (TPSA) is 81.9 Å². The molecule has 138 valence electrons. The first-order valence-electron chi connectivity index (χ1n) is 8.39. The molecule has 1 aromatic rings. The van der Waals surface area contributed by atoms with Gasteiger partial charge in [-0.25, -0.2) is 4.79 Å². The molecule has 7 nitrogen and oxygen atoms in total. The van der Waals surface area contributed by atoms with Crippen LogP contribution in [0.25, 0.3) is 0 Å². The van der Waals surface area contributed by atoms with Gasteiger partial charge in [-0.05, 0) is 53.0 Å². The zero-order valence-corrected chi connectivity index (χ0v) is 15.4. The normalized spacial score (nSPS) is 19.7. The summed E-state index contributed by atoms with van der Waals surface area (Å²) in [5.74, 6) is 0. The van der Waals surface area contributed by atoms with Crippen molar-refractivity contribution in [1.82, 2.24) is 4.90 Å². The van der Waals surface area contributed by atoms with Crippen LogP contribution in [0.15, 0.2) is 24.3 Å². The summed E-state index contributed by atoms with van der Waals surface area (Å²) < 4.78 is 11.3. The highest BCUT2D eigenvalue weighted by Gasteiger charge is 2.45. The van der Waals surface area contributed by atoms with Crippen LogP contribution in [-0.4, -0.2) is 39.9 Å². The van der Waals surface area contributed by atoms with E-state index >= 15 is 0 Å². The van der Waals surface area contributed by atoms with E-state index in [1.165, 1.54) is 6.07 Å². The molecule has 1 aliphatic heterocycles. The molecule has 0 saturated carbocycles. The molecule has 1 heterocycles. The highest BCUT2D eigenvalue weighted by Crippen LogP contribution is 2.31. The van der Waals surface area contributed by atoms with Crippen molar-refractivity contribution in [1.29, 1.82) is 0 Å².